The van der Waals surface area contributed by atoms with E-state index in [4.69, 9.17) is 0 Å². The van der Waals surface area contributed by atoms with Gasteiger partial charge < -0.3 is 10.2 Å². The lowest BCUT2D eigenvalue weighted by atomic mass is 9.85. The normalized spacial score (nSPS) is 16.2. The summed E-state index contributed by atoms with van der Waals surface area (Å²) in [6.07, 6.45) is 8.69. The first-order valence-corrected chi connectivity index (χ1v) is 8.41. The van der Waals surface area contributed by atoms with E-state index in [0.29, 0.717) is 0 Å². The van der Waals surface area contributed by atoms with E-state index in [1.807, 2.05) is 0 Å². The van der Waals surface area contributed by atoms with Gasteiger partial charge in [-0.15, -0.1) is 0 Å². The Balaban J connectivity index is 3.42. The van der Waals surface area contributed by atoms with Crippen molar-refractivity contribution in [1.29, 1.82) is 0 Å². The summed E-state index contributed by atoms with van der Waals surface area (Å²) in [5.41, 5.74) is 0.0339. The van der Waals surface area contributed by atoms with Gasteiger partial charge in [0.25, 0.3) is 0 Å². The molecular formula is C18H38O2. The Morgan fingerprint density at radius 2 is 0.800 bits per heavy atom. The molecule has 0 aromatic carbocycles. The van der Waals surface area contributed by atoms with Gasteiger partial charge in [-0.25, -0.2) is 0 Å². The Morgan fingerprint density at radius 3 is 1.05 bits per heavy atom. The van der Waals surface area contributed by atoms with Crippen molar-refractivity contribution in [1.82, 2.24) is 0 Å². The van der Waals surface area contributed by atoms with Crippen molar-refractivity contribution in [2.45, 2.75) is 105 Å². The Bertz CT molecular complexity index is 209. The zero-order valence-corrected chi connectivity index (χ0v) is 14.7. The molecule has 0 radical (unpaired) electrons. The van der Waals surface area contributed by atoms with E-state index in [0.717, 1.165) is 25.7 Å². The van der Waals surface area contributed by atoms with Crippen molar-refractivity contribution in [2.75, 3.05) is 0 Å². The van der Waals surface area contributed by atoms with Gasteiger partial charge in [-0.3, -0.25) is 0 Å². The average molecular weight is 286 g/mol. The van der Waals surface area contributed by atoms with E-state index in [-0.39, 0.29) is 23.0 Å². The second kappa shape index (κ2) is 9.04. The van der Waals surface area contributed by atoms with Crippen LogP contribution in [0.15, 0.2) is 0 Å². The SMILES string of the molecule is CC(C)(C)C(O)CCCCCCCCC(O)C(C)(C)C. The topological polar surface area (TPSA) is 40.5 Å². The van der Waals surface area contributed by atoms with Crippen LogP contribution in [0.4, 0.5) is 0 Å². The predicted molar refractivity (Wildman–Crippen MR) is 87.9 cm³/mol. The van der Waals surface area contributed by atoms with Crippen LogP contribution in [0.3, 0.4) is 0 Å². The summed E-state index contributed by atoms with van der Waals surface area (Å²) in [6.45, 7) is 12.6. The van der Waals surface area contributed by atoms with Crippen molar-refractivity contribution in [2.24, 2.45) is 10.8 Å². The van der Waals surface area contributed by atoms with Gasteiger partial charge in [0, 0.05) is 0 Å². The summed E-state index contributed by atoms with van der Waals surface area (Å²) in [5, 5.41) is 19.9. The number of unbranched alkanes of at least 4 members (excludes halogenated alkanes) is 5. The average Bonchev–Trinajstić information content (AvgIpc) is 2.29. The van der Waals surface area contributed by atoms with Crippen LogP contribution in [-0.2, 0) is 0 Å². The number of aliphatic hydroxyl groups excluding tert-OH is 2. The molecule has 0 fully saturated rings. The molecule has 2 heteroatoms. The minimum atomic E-state index is -0.176. The third-order valence-electron chi connectivity index (χ3n) is 4.20. The molecule has 0 aliphatic carbocycles. The van der Waals surface area contributed by atoms with E-state index < -0.39 is 0 Å². The second-order valence-electron chi connectivity index (χ2n) is 8.46. The molecule has 0 bridgehead atoms. The highest BCUT2D eigenvalue weighted by Crippen LogP contribution is 2.25. The molecular weight excluding hydrogens is 248 g/mol. The van der Waals surface area contributed by atoms with Crippen LogP contribution in [0.2, 0.25) is 0 Å². The fraction of sp³-hybridized carbons (Fsp3) is 1.00. The van der Waals surface area contributed by atoms with Crippen molar-refractivity contribution < 1.29 is 10.2 Å². The van der Waals surface area contributed by atoms with Gasteiger partial charge in [-0.2, -0.15) is 0 Å². The van der Waals surface area contributed by atoms with E-state index in [9.17, 15) is 10.2 Å². The van der Waals surface area contributed by atoms with Gasteiger partial charge in [0.2, 0.25) is 0 Å². The maximum absolute atomic E-state index is 9.94. The monoisotopic (exact) mass is 286 g/mol. The predicted octanol–water partition coefficient (Wildman–Crippen LogP) is 4.92. The minimum Gasteiger partial charge on any atom is -0.393 e. The zero-order valence-electron chi connectivity index (χ0n) is 14.7. The van der Waals surface area contributed by atoms with E-state index in [2.05, 4.69) is 41.5 Å². The largest absolute Gasteiger partial charge is 0.393 e. The summed E-state index contributed by atoms with van der Waals surface area (Å²) < 4.78 is 0. The first-order valence-electron chi connectivity index (χ1n) is 8.41. The molecule has 20 heavy (non-hydrogen) atoms. The quantitative estimate of drug-likeness (QED) is 0.591. The fourth-order valence-electron chi connectivity index (χ4n) is 2.25. The Labute approximate surface area is 127 Å². The second-order valence-corrected chi connectivity index (χ2v) is 8.46. The molecule has 0 heterocycles. The number of hydrogen-bond acceptors (Lipinski definition) is 2. The highest BCUT2D eigenvalue weighted by atomic mass is 16.3. The fourth-order valence-corrected chi connectivity index (χ4v) is 2.25. The maximum Gasteiger partial charge on any atom is 0.0588 e. The van der Waals surface area contributed by atoms with Crippen LogP contribution >= 0.6 is 0 Å². The number of hydrogen-bond donors (Lipinski definition) is 2. The first-order chi connectivity index (χ1) is 9.05. The van der Waals surface area contributed by atoms with Crippen molar-refractivity contribution >= 4 is 0 Å². The van der Waals surface area contributed by atoms with Crippen LogP contribution in [0.1, 0.15) is 92.9 Å². The van der Waals surface area contributed by atoms with Crippen molar-refractivity contribution in [3.8, 4) is 0 Å². The molecule has 122 valence electrons. The standard InChI is InChI=1S/C18H38O2/c1-17(2,3)15(19)13-11-9-7-8-10-12-14-16(20)18(4,5)6/h15-16,19-20H,7-14H2,1-6H3. The van der Waals surface area contributed by atoms with Crippen LogP contribution in [0.5, 0.6) is 0 Å². The van der Waals surface area contributed by atoms with Crippen LogP contribution < -0.4 is 0 Å². The maximum atomic E-state index is 9.94. The molecule has 2 N–H and O–H groups in total. The van der Waals surface area contributed by atoms with Crippen molar-refractivity contribution in [3.05, 3.63) is 0 Å². The zero-order chi connectivity index (χ0) is 15.8. The molecule has 0 aromatic rings. The van der Waals surface area contributed by atoms with Crippen LogP contribution in [-0.4, -0.2) is 22.4 Å². The van der Waals surface area contributed by atoms with Gasteiger partial charge in [-0.1, -0.05) is 80.1 Å². The first kappa shape index (κ1) is 19.9. The van der Waals surface area contributed by atoms with Crippen molar-refractivity contribution in [3.63, 3.8) is 0 Å². The molecule has 0 aromatic heterocycles. The lowest BCUT2D eigenvalue weighted by Gasteiger charge is -2.26. The van der Waals surface area contributed by atoms with E-state index in [1.165, 1.54) is 25.7 Å². The van der Waals surface area contributed by atoms with E-state index >= 15 is 0 Å². The van der Waals surface area contributed by atoms with Gasteiger partial charge in [-0.05, 0) is 23.7 Å². The minimum absolute atomic E-state index is 0.0170. The molecule has 0 aliphatic rings. The van der Waals surface area contributed by atoms with Gasteiger partial charge in [0.05, 0.1) is 12.2 Å². The molecule has 2 atom stereocenters. The summed E-state index contributed by atoms with van der Waals surface area (Å²) in [6, 6.07) is 0. The molecule has 0 spiro atoms. The third kappa shape index (κ3) is 9.77. The molecule has 0 rings (SSSR count). The third-order valence-corrected chi connectivity index (χ3v) is 4.20. The summed E-state index contributed by atoms with van der Waals surface area (Å²) in [7, 11) is 0. The molecule has 2 unspecified atom stereocenters. The Hall–Kier alpha value is -0.0800. The molecule has 2 nitrogen and oxygen atoms in total. The smallest absolute Gasteiger partial charge is 0.0588 e. The summed E-state index contributed by atoms with van der Waals surface area (Å²) in [4.78, 5) is 0. The van der Waals surface area contributed by atoms with Gasteiger partial charge in [0.15, 0.2) is 0 Å². The Kier molecular flexibility index (Phi) is 9.01. The molecule has 0 amide bonds. The number of rotatable bonds is 9. The van der Waals surface area contributed by atoms with Crippen LogP contribution in [0.25, 0.3) is 0 Å². The molecule has 0 saturated heterocycles. The number of aliphatic hydroxyl groups is 2. The van der Waals surface area contributed by atoms with Crippen LogP contribution in [0, 0.1) is 10.8 Å². The van der Waals surface area contributed by atoms with E-state index in [1.54, 1.807) is 0 Å². The summed E-state index contributed by atoms with van der Waals surface area (Å²) in [5.74, 6) is 0. The molecule has 0 aliphatic heterocycles. The van der Waals surface area contributed by atoms with Gasteiger partial charge >= 0.3 is 0 Å². The Morgan fingerprint density at radius 1 is 0.550 bits per heavy atom. The highest BCUT2D eigenvalue weighted by Gasteiger charge is 2.21. The summed E-state index contributed by atoms with van der Waals surface area (Å²) >= 11 is 0. The highest BCUT2D eigenvalue weighted by molar-refractivity contribution is 4.73. The molecule has 0 saturated carbocycles. The van der Waals surface area contributed by atoms with Gasteiger partial charge in [0.1, 0.15) is 0 Å². The lowest BCUT2D eigenvalue weighted by Crippen LogP contribution is -2.25. The lowest BCUT2D eigenvalue weighted by molar-refractivity contribution is 0.0524.